The molecule has 5 heteroatoms. The summed E-state index contributed by atoms with van der Waals surface area (Å²) in [4.78, 5) is 28.2. The minimum atomic E-state index is -0.154. The quantitative estimate of drug-likeness (QED) is 0.930. The maximum Gasteiger partial charge on any atom is 0.255 e. The predicted octanol–water partition coefficient (Wildman–Crippen LogP) is 3.44. The van der Waals surface area contributed by atoms with Crippen LogP contribution in [0.5, 0.6) is 0 Å². The Hall–Kier alpha value is -2.82. The summed E-state index contributed by atoms with van der Waals surface area (Å²) in [7, 11) is 3.92. The van der Waals surface area contributed by atoms with Crippen LogP contribution in [0.4, 0.5) is 17.1 Å². The number of carbonyl (C=O) groups is 2. The number of hydrogen-bond acceptors (Lipinski definition) is 3. The molecule has 1 aliphatic heterocycles. The molecule has 1 saturated heterocycles. The summed E-state index contributed by atoms with van der Waals surface area (Å²) in [5, 5.41) is 2.96. The lowest BCUT2D eigenvalue weighted by Gasteiger charge is -2.18. The number of aryl methyl sites for hydroxylation is 1. The van der Waals surface area contributed by atoms with Crippen LogP contribution in [-0.2, 0) is 4.79 Å². The maximum atomic E-state index is 12.5. The second-order valence-electron chi connectivity index (χ2n) is 6.54. The van der Waals surface area contributed by atoms with Gasteiger partial charge in [-0.1, -0.05) is 6.07 Å². The van der Waals surface area contributed by atoms with Crippen molar-refractivity contribution < 1.29 is 9.59 Å². The number of benzene rings is 2. The Morgan fingerprint density at radius 3 is 2.44 bits per heavy atom. The van der Waals surface area contributed by atoms with Gasteiger partial charge in [0.2, 0.25) is 5.91 Å². The van der Waals surface area contributed by atoms with Gasteiger partial charge >= 0.3 is 0 Å². The van der Waals surface area contributed by atoms with Gasteiger partial charge in [0.1, 0.15) is 0 Å². The molecule has 3 rings (SSSR count). The van der Waals surface area contributed by atoms with Crippen molar-refractivity contribution in [2.45, 2.75) is 19.8 Å². The van der Waals surface area contributed by atoms with Crippen LogP contribution < -0.4 is 15.1 Å². The van der Waals surface area contributed by atoms with Crippen LogP contribution in [0.25, 0.3) is 0 Å². The fourth-order valence-electron chi connectivity index (χ4n) is 2.94. The highest BCUT2D eigenvalue weighted by atomic mass is 16.2. The van der Waals surface area contributed by atoms with Crippen molar-refractivity contribution in [3.8, 4) is 0 Å². The van der Waals surface area contributed by atoms with Crippen LogP contribution in [0.15, 0.2) is 42.5 Å². The second-order valence-corrected chi connectivity index (χ2v) is 6.54. The molecule has 1 N–H and O–H groups in total. The molecule has 0 bridgehead atoms. The second kappa shape index (κ2) is 6.97. The molecule has 0 spiro atoms. The van der Waals surface area contributed by atoms with E-state index in [0.717, 1.165) is 35.6 Å². The number of carbonyl (C=O) groups excluding carboxylic acids is 2. The van der Waals surface area contributed by atoms with E-state index in [4.69, 9.17) is 0 Å². The molecule has 1 heterocycles. The largest absolute Gasteiger partial charge is 0.378 e. The van der Waals surface area contributed by atoms with Crippen LogP contribution in [-0.4, -0.2) is 32.5 Å². The zero-order valence-corrected chi connectivity index (χ0v) is 14.9. The molecular formula is C20H23N3O2. The molecular weight excluding hydrogens is 314 g/mol. The van der Waals surface area contributed by atoms with E-state index in [1.165, 1.54) is 0 Å². The molecule has 1 fully saturated rings. The Balaban J connectivity index is 1.79. The van der Waals surface area contributed by atoms with E-state index >= 15 is 0 Å². The smallest absolute Gasteiger partial charge is 0.255 e. The van der Waals surface area contributed by atoms with Crippen LogP contribution in [0, 0.1) is 6.92 Å². The SMILES string of the molecule is Cc1ccc(N2CCCC2=O)cc1NC(=O)c1ccc(N(C)C)cc1. The molecule has 1 aliphatic rings. The van der Waals surface area contributed by atoms with Crippen molar-refractivity contribution in [1.29, 1.82) is 0 Å². The standard InChI is InChI=1S/C20H23N3O2/c1-14-6-9-17(23-12-4-5-19(23)24)13-18(14)21-20(25)15-7-10-16(11-8-15)22(2)3/h6-11,13H,4-5,12H2,1-3H3,(H,21,25). The first-order valence-corrected chi connectivity index (χ1v) is 8.45. The van der Waals surface area contributed by atoms with Gasteiger partial charge in [0, 0.05) is 49.7 Å². The fourth-order valence-corrected chi connectivity index (χ4v) is 2.94. The Kier molecular flexibility index (Phi) is 4.74. The van der Waals surface area contributed by atoms with E-state index in [1.54, 1.807) is 4.90 Å². The molecule has 2 aromatic rings. The molecule has 0 aromatic heterocycles. The van der Waals surface area contributed by atoms with Gasteiger partial charge in [-0.2, -0.15) is 0 Å². The highest BCUT2D eigenvalue weighted by Crippen LogP contribution is 2.27. The van der Waals surface area contributed by atoms with Crippen LogP contribution in [0.2, 0.25) is 0 Å². The van der Waals surface area contributed by atoms with Crippen molar-refractivity contribution in [3.05, 3.63) is 53.6 Å². The number of nitrogens with one attached hydrogen (secondary N) is 1. The lowest BCUT2D eigenvalue weighted by molar-refractivity contribution is -0.117. The average molecular weight is 337 g/mol. The molecule has 0 atom stereocenters. The molecule has 2 amide bonds. The van der Waals surface area contributed by atoms with Gasteiger partial charge in [0.15, 0.2) is 0 Å². The van der Waals surface area contributed by atoms with Crippen molar-refractivity contribution >= 4 is 28.9 Å². The molecule has 5 nitrogen and oxygen atoms in total. The highest BCUT2D eigenvalue weighted by Gasteiger charge is 2.22. The Morgan fingerprint density at radius 2 is 1.84 bits per heavy atom. The van der Waals surface area contributed by atoms with Gasteiger partial charge in [-0.05, 0) is 55.3 Å². The minimum Gasteiger partial charge on any atom is -0.378 e. The zero-order valence-electron chi connectivity index (χ0n) is 14.9. The van der Waals surface area contributed by atoms with E-state index in [-0.39, 0.29) is 11.8 Å². The molecule has 0 radical (unpaired) electrons. The van der Waals surface area contributed by atoms with Gasteiger partial charge < -0.3 is 15.1 Å². The minimum absolute atomic E-state index is 0.139. The fraction of sp³-hybridized carbons (Fsp3) is 0.300. The average Bonchev–Trinajstić information content (AvgIpc) is 3.03. The van der Waals surface area contributed by atoms with Crippen LogP contribution >= 0.6 is 0 Å². The Morgan fingerprint density at radius 1 is 1.12 bits per heavy atom. The summed E-state index contributed by atoms with van der Waals surface area (Å²) in [5.74, 6) is -0.0151. The van der Waals surface area contributed by atoms with Crippen LogP contribution in [0.3, 0.4) is 0 Å². The molecule has 0 unspecified atom stereocenters. The third-order valence-corrected chi connectivity index (χ3v) is 4.50. The lowest BCUT2D eigenvalue weighted by atomic mass is 10.1. The molecule has 130 valence electrons. The number of rotatable bonds is 4. The van der Waals surface area contributed by atoms with Crippen LogP contribution in [0.1, 0.15) is 28.8 Å². The van der Waals surface area contributed by atoms with Crippen molar-refractivity contribution in [1.82, 2.24) is 0 Å². The summed E-state index contributed by atoms with van der Waals surface area (Å²) in [6, 6.07) is 13.2. The third kappa shape index (κ3) is 3.65. The molecule has 0 saturated carbocycles. The van der Waals surface area contributed by atoms with E-state index in [2.05, 4.69) is 5.32 Å². The van der Waals surface area contributed by atoms with E-state index in [0.29, 0.717) is 12.0 Å². The third-order valence-electron chi connectivity index (χ3n) is 4.50. The first-order chi connectivity index (χ1) is 12.0. The Labute approximate surface area is 148 Å². The van der Waals surface area contributed by atoms with Gasteiger partial charge in [0.05, 0.1) is 0 Å². The predicted molar refractivity (Wildman–Crippen MR) is 101 cm³/mol. The van der Waals surface area contributed by atoms with Gasteiger partial charge in [-0.15, -0.1) is 0 Å². The van der Waals surface area contributed by atoms with E-state index in [1.807, 2.05) is 68.4 Å². The number of amides is 2. The topological polar surface area (TPSA) is 52.7 Å². The van der Waals surface area contributed by atoms with Gasteiger partial charge in [-0.25, -0.2) is 0 Å². The molecule has 0 aliphatic carbocycles. The maximum absolute atomic E-state index is 12.5. The van der Waals surface area contributed by atoms with Gasteiger partial charge in [-0.3, -0.25) is 9.59 Å². The zero-order chi connectivity index (χ0) is 18.0. The van der Waals surface area contributed by atoms with Crippen molar-refractivity contribution in [2.24, 2.45) is 0 Å². The summed E-state index contributed by atoms with van der Waals surface area (Å²) in [6.45, 7) is 2.68. The monoisotopic (exact) mass is 337 g/mol. The highest BCUT2D eigenvalue weighted by molar-refractivity contribution is 6.05. The number of nitrogens with zero attached hydrogens (tertiary/aromatic N) is 2. The molecule has 25 heavy (non-hydrogen) atoms. The van der Waals surface area contributed by atoms with Crippen molar-refractivity contribution in [2.75, 3.05) is 35.8 Å². The number of hydrogen-bond donors (Lipinski definition) is 1. The lowest BCUT2D eigenvalue weighted by Crippen LogP contribution is -2.24. The first kappa shape index (κ1) is 17.0. The normalized spacial score (nSPS) is 13.9. The summed E-state index contributed by atoms with van der Waals surface area (Å²) in [5.41, 5.74) is 4.19. The van der Waals surface area contributed by atoms with E-state index in [9.17, 15) is 9.59 Å². The van der Waals surface area contributed by atoms with Crippen molar-refractivity contribution in [3.63, 3.8) is 0 Å². The molecule has 2 aromatic carbocycles. The summed E-state index contributed by atoms with van der Waals surface area (Å²) in [6.07, 6.45) is 1.47. The first-order valence-electron chi connectivity index (χ1n) is 8.45. The van der Waals surface area contributed by atoms with Gasteiger partial charge in [0.25, 0.3) is 5.91 Å². The van der Waals surface area contributed by atoms with E-state index < -0.39 is 0 Å². The summed E-state index contributed by atoms with van der Waals surface area (Å²) < 4.78 is 0. The number of anilines is 3. The Bertz CT molecular complexity index is 797. The summed E-state index contributed by atoms with van der Waals surface area (Å²) >= 11 is 0.